The van der Waals surface area contributed by atoms with E-state index in [1.54, 1.807) is 0 Å². The predicted molar refractivity (Wildman–Crippen MR) is 88.8 cm³/mol. The van der Waals surface area contributed by atoms with Crippen molar-refractivity contribution in [1.82, 2.24) is 0 Å². The van der Waals surface area contributed by atoms with Gasteiger partial charge in [-0.15, -0.1) is 12.4 Å². The van der Waals surface area contributed by atoms with Crippen LogP contribution in [0.2, 0.25) is 0 Å². The average Bonchev–Trinajstić information content (AvgIpc) is 2.50. The van der Waals surface area contributed by atoms with Crippen molar-refractivity contribution in [3.63, 3.8) is 0 Å². The van der Waals surface area contributed by atoms with Crippen molar-refractivity contribution < 1.29 is 9.84 Å². The summed E-state index contributed by atoms with van der Waals surface area (Å²) < 4.78 is 6.68. The minimum atomic E-state index is -0.117. The summed E-state index contributed by atoms with van der Waals surface area (Å²) in [7, 11) is 0. The van der Waals surface area contributed by atoms with Crippen LogP contribution in [0.25, 0.3) is 0 Å². The zero-order chi connectivity index (χ0) is 14.1. The van der Waals surface area contributed by atoms with E-state index < -0.39 is 0 Å². The zero-order valence-electron chi connectivity index (χ0n) is 11.3. The molecule has 5 heteroatoms. The second kappa shape index (κ2) is 6.79. The monoisotopic (exact) mass is 369 g/mol. The first kappa shape index (κ1) is 16.3. The van der Waals surface area contributed by atoms with Crippen LogP contribution in [0.5, 0.6) is 5.75 Å². The molecule has 2 atom stereocenters. The summed E-state index contributed by atoms with van der Waals surface area (Å²) in [5.74, 6) is 0.237. The summed E-state index contributed by atoms with van der Waals surface area (Å²) in [6, 6.07) is 13.8. The lowest BCUT2D eigenvalue weighted by molar-refractivity contribution is 0.00704. The van der Waals surface area contributed by atoms with Crippen LogP contribution in [-0.2, 0) is 11.3 Å². The van der Waals surface area contributed by atoms with Gasteiger partial charge in [0.1, 0.15) is 5.75 Å². The molecular weight excluding hydrogens is 354 g/mol. The number of hydrogen-bond acceptors (Lipinski definition) is 3. The van der Waals surface area contributed by atoms with E-state index in [0.29, 0.717) is 17.6 Å². The van der Waals surface area contributed by atoms with Crippen LogP contribution in [-0.4, -0.2) is 11.7 Å². The van der Waals surface area contributed by atoms with E-state index in [-0.39, 0.29) is 30.2 Å². The Bertz CT molecular complexity index is 621. The van der Waals surface area contributed by atoms with Crippen molar-refractivity contribution in [2.24, 2.45) is 5.73 Å². The molecule has 0 spiro atoms. The van der Waals surface area contributed by atoms with Crippen LogP contribution in [0.4, 0.5) is 0 Å². The number of ether oxygens (including phenoxy) is 1. The minimum Gasteiger partial charge on any atom is -0.506 e. The molecule has 0 radical (unpaired) electrons. The Morgan fingerprint density at radius 1 is 1.19 bits per heavy atom. The number of hydrogen-bond donors (Lipinski definition) is 2. The molecule has 3 N–H and O–H groups in total. The molecule has 0 amide bonds. The Labute approximate surface area is 138 Å². The van der Waals surface area contributed by atoms with Gasteiger partial charge in [0.05, 0.1) is 17.2 Å². The Morgan fingerprint density at radius 3 is 2.57 bits per heavy atom. The van der Waals surface area contributed by atoms with Crippen molar-refractivity contribution in [2.75, 3.05) is 6.54 Å². The number of rotatable bonds is 2. The largest absolute Gasteiger partial charge is 0.506 e. The molecule has 0 saturated heterocycles. The maximum Gasteiger partial charge on any atom is 0.133 e. The van der Waals surface area contributed by atoms with Gasteiger partial charge < -0.3 is 15.6 Å². The summed E-state index contributed by atoms with van der Waals surface area (Å²) in [6.07, 6.45) is -0.117. The van der Waals surface area contributed by atoms with Crippen LogP contribution in [0.1, 0.15) is 28.7 Å². The summed E-state index contributed by atoms with van der Waals surface area (Å²) in [5, 5.41) is 10.4. The van der Waals surface area contributed by atoms with Gasteiger partial charge >= 0.3 is 0 Å². The smallest absolute Gasteiger partial charge is 0.133 e. The van der Waals surface area contributed by atoms with Crippen molar-refractivity contribution >= 4 is 28.3 Å². The van der Waals surface area contributed by atoms with Gasteiger partial charge in [-0.3, -0.25) is 0 Å². The highest BCUT2D eigenvalue weighted by atomic mass is 79.9. The highest BCUT2D eigenvalue weighted by molar-refractivity contribution is 9.10. The first-order valence-corrected chi connectivity index (χ1v) is 7.38. The van der Waals surface area contributed by atoms with Crippen LogP contribution >= 0.6 is 28.3 Å². The third-order valence-electron chi connectivity index (χ3n) is 3.79. The van der Waals surface area contributed by atoms with E-state index in [1.165, 1.54) is 0 Å². The first-order valence-electron chi connectivity index (χ1n) is 6.59. The fourth-order valence-electron chi connectivity index (χ4n) is 2.82. The van der Waals surface area contributed by atoms with E-state index >= 15 is 0 Å². The Kier molecular flexibility index (Phi) is 5.27. The minimum absolute atomic E-state index is 0. The molecule has 2 aromatic rings. The van der Waals surface area contributed by atoms with E-state index in [2.05, 4.69) is 15.9 Å². The van der Waals surface area contributed by atoms with Crippen LogP contribution in [0.15, 0.2) is 46.9 Å². The van der Waals surface area contributed by atoms with E-state index in [1.807, 2.05) is 42.5 Å². The van der Waals surface area contributed by atoms with Gasteiger partial charge in [-0.2, -0.15) is 0 Å². The Morgan fingerprint density at radius 2 is 1.90 bits per heavy atom. The lowest BCUT2D eigenvalue weighted by Crippen LogP contribution is -2.27. The molecule has 1 aliphatic heterocycles. The molecule has 1 aliphatic rings. The maximum absolute atomic E-state index is 10.4. The molecule has 0 fully saturated rings. The summed E-state index contributed by atoms with van der Waals surface area (Å²) >= 11 is 3.38. The van der Waals surface area contributed by atoms with Gasteiger partial charge in [0, 0.05) is 18.0 Å². The topological polar surface area (TPSA) is 55.5 Å². The van der Waals surface area contributed by atoms with Gasteiger partial charge in [0.15, 0.2) is 0 Å². The fraction of sp³-hybridized carbons (Fsp3) is 0.250. The summed E-state index contributed by atoms with van der Waals surface area (Å²) in [6.45, 7) is 0.919. The van der Waals surface area contributed by atoms with E-state index in [4.69, 9.17) is 10.5 Å². The average molecular weight is 371 g/mol. The van der Waals surface area contributed by atoms with Gasteiger partial charge in [0.2, 0.25) is 0 Å². The standard InChI is InChI=1S/C16H16BrNO2.ClH/c17-13-7-6-11-9-20-16(10-4-2-1-3-5-10)12(8-18)14(11)15(13)19;/h1-7,12,16,19H,8-9,18H2;1H. The highest BCUT2D eigenvalue weighted by Crippen LogP contribution is 2.45. The molecule has 0 bridgehead atoms. The summed E-state index contributed by atoms with van der Waals surface area (Å²) in [5.41, 5.74) is 8.96. The number of halogens is 2. The third-order valence-corrected chi connectivity index (χ3v) is 4.43. The third kappa shape index (κ3) is 2.94. The number of aromatic hydroxyl groups is 1. The van der Waals surface area contributed by atoms with Crippen molar-refractivity contribution in [1.29, 1.82) is 0 Å². The lowest BCUT2D eigenvalue weighted by atomic mass is 9.84. The summed E-state index contributed by atoms with van der Waals surface area (Å²) in [4.78, 5) is 0. The number of benzene rings is 2. The second-order valence-corrected chi connectivity index (χ2v) is 5.81. The Balaban J connectivity index is 0.00000161. The lowest BCUT2D eigenvalue weighted by Gasteiger charge is -2.34. The van der Waals surface area contributed by atoms with E-state index in [9.17, 15) is 5.11 Å². The van der Waals surface area contributed by atoms with Gasteiger partial charge in [-0.1, -0.05) is 36.4 Å². The highest BCUT2D eigenvalue weighted by Gasteiger charge is 2.33. The van der Waals surface area contributed by atoms with Crippen molar-refractivity contribution in [3.8, 4) is 5.75 Å². The molecule has 112 valence electrons. The molecule has 21 heavy (non-hydrogen) atoms. The zero-order valence-corrected chi connectivity index (χ0v) is 13.7. The number of phenolic OH excluding ortho intramolecular Hbond substituents is 1. The van der Waals surface area contributed by atoms with Gasteiger partial charge in [-0.05, 0) is 33.1 Å². The van der Waals surface area contributed by atoms with E-state index in [0.717, 1.165) is 16.7 Å². The predicted octanol–water partition coefficient (Wildman–Crippen LogP) is 3.89. The van der Waals surface area contributed by atoms with Gasteiger partial charge in [0.25, 0.3) is 0 Å². The number of phenols is 1. The molecule has 3 nitrogen and oxygen atoms in total. The first-order chi connectivity index (χ1) is 9.72. The second-order valence-electron chi connectivity index (χ2n) is 4.95. The fourth-order valence-corrected chi connectivity index (χ4v) is 3.17. The molecule has 0 aliphatic carbocycles. The molecule has 0 aromatic heterocycles. The van der Waals surface area contributed by atoms with Crippen molar-refractivity contribution in [2.45, 2.75) is 18.6 Å². The van der Waals surface area contributed by atoms with Crippen molar-refractivity contribution in [3.05, 3.63) is 63.6 Å². The normalized spacial score (nSPS) is 20.5. The molecule has 1 heterocycles. The maximum atomic E-state index is 10.4. The number of fused-ring (bicyclic) bond motifs is 1. The van der Waals surface area contributed by atoms with Crippen LogP contribution < -0.4 is 5.73 Å². The quantitative estimate of drug-likeness (QED) is 0.843. The molecule has 3 rings (SSSR count). The van der Waals surface area contributed by atoms with Gasteiger partial charge in [-0.25, -0.2) is 0 Å². The molecule has 2 aromatic carbocycles. The molecular formula is C16H17BrClNO2. The van der Waals surface area contributed by atoms with Crippen LogP contribution in [0.3, 0.4) is 0 Å². The molecule has 2 unspecified atom stereocenters. The Hall–Kier alpha value is -1.07. The molecule has 0 saturated carbocycles. The van der Waals surface area contributed by atoms with Crippen LogP contribution in [0, 0.1) is 0 Å². The number of nitrogens with two attached hydrogens (primary N) is 1. The SMILES string of the molecule is Cl.NCC1c2c(ccc(Br)c2O)COC1c1ccccc1.